The van der Waals surface area contributed by atoms with Gasteiger partial charge in [-0.15, -0.1) is 0 Å². The third-order valence-corrected chi connectivity index (χ3v) is 2.05. The van der Waals surface area contributed by atoms with Gasteiger partial charge >= 0.3 is 0 Å². The number of methoxy groups -OCH3 is 2. The first-order valence-electron chi connectivity index (χ1n) is 4.91. The molecule has 0 radical (unpaired) electrons. The summed E-state index contributed by atoms with van der Waals surface area (Å²) in [5.74, 6) is -0.239. The molecule has 0 heterocycles. The molecular formula is C11H16FNO3. The summed E-state index contributed by atoms with van der Waals surface area (Å²) in [6, 6.07) is 4.53. The van der Waals surface area contributed by atoms with Gasteiger partial charge in [-0.05, 0) is 12.1 Å². The predicted molar refractivity (Wildman–Crippen MR) is 59.3 cm³/mol. The average Bonchev–Trinajstić information content (AvgIpc) is 2.27. The lowest BCUT2D eigenvalue weighted by molar-refractivity contribution is 0.0727. The first-order valence-corrected chi connectivity index (χ1v) is 4.91. The van der Waals surface area contributed by atoms with Crippen molar-refractivity contribution in [2.24, 2.45) is 0 Å². The molecule has 1 aromatic carbocycles. The molecule has 0 aliphatic carbocycles. The van der Waals surface area contributed by atoms with Crippen LogP contribution in [0.3, 0.4) is 0 Å². The Balaban J connectivity index is 2.51. The molecule has 0 bridgehead atoms. The van der Waals surface area contributed by atoms with Gasteiger partial charge in [-0.25, -0.2) is 4.39 Å². The zero-order valence-electron chi connectivity index (χ0n) is 9.37. The van der Waals surface area contributed by atoms with Crippen LogP contribution in [-0.4, -0.2) is 38.6 Å². The molecular weight excluding hydrogens is 213 g/mol. The van der Waals surface area contributed by atoms with Gasteiger partial charge in [0.2, 0.25) is 0 Å². The third kappa shape index (κ3) is 3.67. The zero-order chi connectivity index (χ0) is 12.0. The molecule has 5 heteroatoms. The highest BCUT2D eigenvalue weighted by Gasteiger charge is 2.05. The average molecular weight is 229 g/mol. The second-order valence-electron chi connectivity index (χ2n) is 3.34. The van der Waals surface area contributed by atoms with Gasteiger partial charge in [0.25, 0.3) is 0 Å². The predicted octanol–water partition coefficient (Wildman–Crippen LogP) is 1.25. The summed E-state index contributed by atoms with van der Waals surface area (Å²) >= 11 is 0. The Morgan fingerprint density at radius 1 is 1.44 bits per heavy atom. The Hall–Kier alpha value is -1.33. The maximum Gasteiger partial charge on any atom is 0.167 e. The van der Waals surface area contributed by atoms with Gasteiger partial charge in [-0.2, -0.15) is 0 Å². The van der Waals surface area contributed by atoms with Crippen LogP contribution < -0.4 is 10.1 Å². The van der Waals surface area contributed by atoms with Crippen molar-refractivity contribution in [1.29, 1.82) is 0 Å². The monoisotopic (exact) mass is 229 g/mol. The minimum atomic E-state index is -0.616. The van der Waals surface area contributed by atoms with Gasteiger partial charge in [-0.3, -0.25) is 0 Å². The second-order valence-corrected chi connectivity index (χ2v) is 3.34. The molecule has 2 N–H and O–H groups in total. The highest BCUT2D eigenvalue weighted by Crippen LogP contribution is 2.20. The van der Waals surface area contributed by atoms with Crippen LogP contribution in [0.2, 0.25) is 0 Å². The van der Waals surface area contributed by atoms with E-state index in [1.807, 2.05) is 0 Å². The van der Waals surface area contributed by atoms with Crippen LogP contribution in [-0.2, 0) is 4.74 Å². The van der Waals surface area contributed by atoms with E-state index >= 15 is 0 Å². The fourth-order valence-electron chi connectivity index (χ4n) is 1.26. The zero-order valence-corrected chi connectivity index (χ0v) is 9.37. The quantitative estimate of drug-likeness (QED) is 0.771. The summed E-state index contributed by atoms with van der Waals surface area (Å²) in [4.78, 5) is 0. The lowest BCUT2D eigenvalue weighted by Gasteiger charge is -2.12. The van der Waals surface area contributed by atoms with Crippen LogP contribution >= 0.6 is 0 Å². The van der Waals surface area contributed by atoms with Gasteiger partial charge in [-0.1, -0.05) is 0 Å². The van der Waals surface area contributed by atoms with Crippen LogP contribution in [0, 0.1) is 5.82 Å². The summed E-state index contributed by atoms with van der Waals surface area (Å²) in [5, 5.41) is 12.3. The molecule has 0 fully saturated rings. The molecule has 0 aliphatic rings. The Labute approximate surface area is 94.0 Å². The lowest BCUT2D eigenvalue weighted by atomic mass is 10.2. The van der Waals surface area contributed by atoms with E-state index < -0.39 is 11.9 Å². The highest BCUT2D eigenvalue weighted by molar-refractivity contribution is 5.47. The number of hydrogen-bond acceptors (Lipinski definition) is 4. The van der Waals surface area contributed by atoms with E-state index in [2.05, 4.69) is 5.32 Å². The third-order valence-electron chi connectivity index (χ3n) is 2.05. The number of anilines is 1. The second kappa shape index (κ2) is 6.30. The maximum atomic E-state index is 13.3. The molecule has 0 saturated heterocycles. The van der Waals surface area contributed by atoms with E-state index in [-0.39, 0.29) is 12.4 Å². The summed E-state index contributed by atoms with van der Waals surface area (Å²) in [5.41, 5.74) is 0.591. The number of aliphatic hydroxyl groups is 1. The van der Waals surface area contributed by atoms with Crippen molar-refractivity contribution >= 4 is 5.69 Å². The topological polar surface area (TPSA) is 50.7 Å². The standard InChI is InChI=1S/C11H16FNO3/c1-15-7-9(14)6-13-8-3-4-11(16-2)10(12)5-8/h3-5,9,13-14H,6-7H2,1-2H3. The van der Waals surface area contributed by atoms with E-state index in [9.17, 15) is 9.50 Å². The SMILES string of the molecule is COCC(O)CNc1ccc(OC)c(F)c1. The summed E-state index contributed by atoms with van der Waals surface area (Å²) in [6.07, 6.45) is -0.616. The van der Waals surface area contributed by atoms with Crippen LogP contribution in [0.5, 0.6) is 5.75 Å². The molecule has 4 nitrogen and oxygen atoms in total. The number of aliphatic hydroxyl groups excluding tert-OH is 1. The van der Waals surface area contributed by atoms with Crippen LogP contribution in [0.1, 0.15) is 0 Å². The summed E-state index contributed by atoms with van der Waals surface area (Å²) < 4.78 is 22.8. The van der Waals surface area contributed by atoms with Crippen molar-refractivity contribution in [2.75, 3.05) is 32.7 Å². The van der Waals surface area contributed by atoms with Gasteiger partial charge in [0.1, 0.15) is 0 Å². The fraction of sp³-hybridized carbons (Fsp3) is 0.455. The lowest BCUT2D eigenvalue weighted by Crippen LogP contribution is -2.24. The van der Waals surface area contributed by atoms with Crippen LogP contribution in [0.15, 0.2) is 18.2 Å². The van der Waals surface area contributed by atoms with E-state index in [0.29, 0.717) is 12.2 Å². The molecule has 1 unspecified atom stereocenters. The van der Waals surface area contributed by atoms with Crippen molar-refractivity contribution in [3.8, 4) is 5.75 Å². The summed E-state index contributed by atoms with van der Waals surface area (Å²) in [7, 11) is 2.92. The molecule has 0 saturated carbocycles. The van der Waals surface area contributed by atoms with Crippen LogP contribution in [0.4, 0.5) is 10.1 Å². The van der Waals surface area contributed by atoms with Gasteiger partial charge < -0.3 is 19.9 Å². The van der Waals surface area contributed by atoms with Gasteiger partial charge in [0.15, 0.2) is 11.6 Å². The van der Waals surface area contributed by atoms with Crippen molar-refractivity contribution < 1.29 is 19.0 Å². The molecule has 16 heavy (non-hydrogen) atoms. The Morgan fingerprint density at radius 2 is 2.19 bits per heavy atom. The summed E-state index contributed by atoms with van der Waals surface area (Å²) in [6.45, 7) is 0.547. The van der Waals surface area contributed by atoms with E-state index in [1.54, 1.807) is 6.07 Å². The molecule has 0 aliphatic heterocycles. The first kappa shape index (κ1) is 12.7. The molecule has 0 amide bonds. The smallest absolute Gasteiger partial charge is 0.167 e. The van der Waals surface area contributed by atoms with Gasteiger partial charge in [0.05, 0.1) is 19.8 Å². The number of ether oxygens (including phenoxy) is 2. The Kier molecular flexibility index (Phi) is 5.01. The minimum absolute atomic E-state index is 0.197. The van der Waals surface area contributed by atoms with E-state index in [1.165, 1.54) is 26.4 Å². The van der Waals surface area contributed by atoms with E-state index in [0.717, 1.165) is 0 Å². The molecule has 0 aromatic heterocycles. The van der Waals surface area contributed by atoms with Crippen LogP contribution in [0.25, 0.3) is 0 Å². The molecule has 0 spiro atoms. The Morgan fingerprint density at radius 3 is 2.75 bits per heavy atom. The van der Waals surface area contributed by atoms with Crippen molar-refractivity contribution in [3.63, 3.8) is 0 Å². The van der Waals surface area contributed by atoms with Gasteiger partial charge in [0, 0.05) is 25.4 Å². The number of hydrogen-bond donors (Lipinski definition) is 2. The maximum absolute atomic E-state index is 13.3. The van der Waals surface area contributed by atoms with Crippen molar-refractivity contribution in [1.82, 2.24) is 0 Å². The first-order chi connectivity index (χ1) is 7.67. The molecule has 90 valence electrons. The normalized spacial score (nSPS) is 12.2. The number of rotatable bonds is 6. The number of nitrogens with one attached hydrogen (secondary N) is 1. The van der Waals surface area contributed by atoms with E-state index in [4.69, 9.17) is 9.47 Å². The molecule has 1 atom stereocenters. The largest absolute Gasteiger partial charge is 0.494 e. The van der Waals surface area contributed by atoms with Crippen molar-refractivity contribution in [3.05, 3.63) is 24.0 Å². The molecule has 1 aromatic rings. The number of halogens is 1. The fourth-order valence-corrected chi connectivity index (χ4v) is 1.26. The number of benzene rings is 1. The van der Waals surface area contributed by atoms with Crippen molar-refractivity contribution in [2.45, 2.75) is 6.10 Å². The Bertz CT molecular complexity index is 333. The highest BCUT2D eigenvalue weighted by atomic mass is 19.1. The minimum Gasteiger partial charge on any atom is -0.494 e. The molecule has 1 rings (SSSR count).